The summed E-state index contributed by atoms with van der Waals surface area (Å²) in [4.78, 5) is 38.8. The fraction of sp³-hybridized carbons (Fsp3) is 0.583. The van der Waals surface area contributed by atoms with E-state index >= 15 is 0 Å². The van der Waals surface area contributed by atoms with E-state index in [0.717, 1.165) is 51.3 Å². The molecule has 3 rings (SSSR count). The van der Waals surface area contributed by atoms with Crippen molar-refractivity contribution in [1.82, 2.24) is 9.80 Å². The van der Waals surface area contributed by atoms with E-state index in [1.165, 1.54) is 7.11 Å². The van der Waals surface area contributed by atoms with Crippen LogP contribution in [0.4, 0.5) is 18.9 Å². The molecule has 2 fully saturated rings. The van der Waals surface area contributed by atoms with E-state index in [2.05, 4.69) is 14.7 Å². The number of esters is 1. The van der Waals surface area contributed by atoms with E-state index in [1.54, 1.807) is 0 Å². The van der Waals surface area contributed by atoms with E-state index in [-0.39, 0.29) is 30.4 Å². The number of ether oxygens (including phenoxy) is 1. The lowest BCUT2D eigenvalue weighted by Gasteiger charge is -2.49. The van der Waals surface area contributed by atoms with Crippen LogP contribution in [0.3, 0.4) is 0 Å². The second-order valence-corrected chi connectivity index (χ2v) is 9.08. The van der Waals surface area contributed by atoms with Gasteiger partial charge in [-0.15, -0.1) is 0 Å². The highest BCUT2D eigenvalue weighted by molar-refractivity contribution is 5.95. The monoisotopic (exact) mass is 545 g/mol. The number of hydrogen-bond donors (Lipinski definition) is 4. The number of likely N-dealkylation sites (tertiary alicyclic amines) is 1. The number of anilines is 1. The number of carbonyl (C=O) groups excluding carboxylic acids is 1. The number of nitrogen functional groups attached to an aromatic ring is 1. The van der Waals surface area contributed by atoms with E-state index in [1.807, 2.05) is 24.3 Å². The summed E-state index contributed by atoms with van der Waals surface area (Å²) in [6, 6.07) is 7.71. The lowest BCUT2D eigenvalue weighted by Crippen LogP contribution is -2.61. The van der Waals surface area contributed by atoms with Gasteiger partial charge in [-0.2, -0.15) is 13.2 Å². The number of methoxy groups -OCH3 is 1. The Morgan fingerprint density at radius 1 is 1.08 bits per heavy atom. The minimum Gasteiger partial charge on any atom is -0.480 e. The normalized spacial score (nSPS) is 20.7. The Kier molecular flexibility index (Phi) is 11.3. The maximum atomic E-state index is 11.7. The third-order valence-corrected chi connectivity index (χ3v) is 6.58. The van der Waals surface area contributed by atoms with Crippen LogP contribution in [0, 0.1) is 11.3 Å². The molecule has 0 bridgehead atoms. The Balaban J connectivity index is 0.000000638. The molecule has 5 N–H and O–H groups in total. The van der Waals surface area contributed by atoms with Gasteiger partial charge in [-0.1, -0.05) is 0 Å². The smallest absolute Gasteiger partial charge is 0.480 e. The Morgan fingerprint density at radius 2 is 1.66 bits per heavy atom. The van der Waals surface area contributed by atoms with E-state index < -0.39 is 18.1 Å². The van der Waals surface area contributed by atoms with Crippen molar-refractivity contribution in [2.24, 2.45) is 11.7 Å². The molecular weight excluding hydrogens is 511 g/mol. The number of hydrogen-bond acceptors (Lipinski definition) is 8. The van der Waals surface area contributed by atoms with Crippen molar-refractivity contribution in [3.63, 3.8) is 0 Å². The number of carboxylic acids is 2. The zero-order valence-corrected chi connectivity index (χ0v) is 21.1. The highest BCUT2D eigenvalue weighted by Gasteiger charge is 2.39. The SMILES string of the molecule is COC(=O)CCC1CCCN(CC(=O)O)C1N1CCN(c2ccc(C(=N)N)cc2)CC1.O=C(O)C(F)(F)F. The molecule has 2 aliphatic heterocycles. The Hall–Kier alpha value is -3.39. The van der Waals surface area contributed by atoms with E-state index in [9.17, 15) is 27.9 Å². The van der Waals surface area contributed by atoms with Gasteiger partial charge in [-0.3, -0.25) is 24.8 Å². The lowest BCUT2D eigenvalue weighted by molar-refractivity contribution is -0.192. The van der Waals surface area contributed by atoms with Crippen LogP contribution < -0.4 is 10.6 Å². The number of carboxylic acid groups (broad SMARTS) is 2. The molecular formula is C24H34F3N5O6. The molecule has 2 saturated heterocycles. The van der Waals surface area contributed by atoms with Gasteiger partial charge in [-0.25, -0.2) is 4.79 Å². The van der Waals surface area contributed by atoms with Crippen molar-refractivity contribution in [3.8, 4) is 0 Å². The Morgan fingerprint density at radius 3 is 2.13 bits per heavy atom. The van der Waals surface area contributed by atoms with Crippen molar-refractivity contribution in [2.75, 3.05) is 51.3 Å². The summed E-state index contributed by atoms with van der Waals surface area (Å²) >= 11 is 0. The average molecular weight is 546 g/mol. The molecule has 2 atom stereocenters. The maximum Gasteiger partial charge on any atom is 0.490 e. The number of nitrogens with one attached hydrogen (secondary N) is 1. The van der Waals surface area contributed by atoms with Crippen LogP contribution in [0.5, 0.6) is 0 Å². The molecule has 0 radical (unpaired) electrons. The molecule has 0 amide bonds. The number of nitrogens with zero attached hydrogens (tertiary/aromatic N) is 3. The molecule has 0 aromatic heterocycles. The summed E-state index contributed by atoms with van der Waals surface area (Å²) in [5.41, 5.74) is 7.35. The van der Waals surface area contributed by atoms with Gasteiger partial charge in [0.25, 0.3) is 0 Å². The molecule has 2 heterocycles. The first-order chi connectivity index (χ1) is 17.8. The summed E-state index contributed by atoms with van der Waals surface area (Å²) in [6.07, 6.45) is -2.05. The Bertz CT molecular complexity index is 967. The van der Waals surface area contributed by atoms with Crippen LogP contribution in [0.1, 0.15) is 31.2 Å². The standard InChI is InChI=1S/C22H33N5O4.C2HF3O2/c1-31-20(30)9-6-17-3-2-10-27(15-19(28)29)22(17)26-13-11-25(12-14-26)18-7-4-16(5-8-18)21(23)24;3-2(4,5)1(6)7/h4-5,7-8,17,22H,2-3,6,9-15H2,1H3,(H3,23,24)(H,28,29);(H,6,7). The van der Waals surface area contributed by atoms with E-state index in [4.69, 9.17) is 25.8 Å². The number of nitrogens with two attached hydrogens (primary N) is 1. The van der Waals surface area contributed by atoms with Gasteiger partial charge in [0, 0.05) is 50.4 Å². The van der Waals surface area contributed by atoms with Gasteiger partial charge in [0.1, 0.15) is 5.84 Å². The minimum atomic E-state index is -5.08. The first-order valence-corrected chi connectivity index (χ1v) is 12.1. The molecule has 2 aliphatic rings. The van der Waals surface area contributed by atoms with Gasteiger partial charge in [0.15, 0.2) is 0 Å². The Labute approximate surface area is 218 Å². The second-order valence-electron chi connectivity index (χ2n) is 9.08. The number of benzene rings is 1. The van der Waals surface area contributed by atoms with Gasteiger partial charge in [0.05, 0.1) is 19.8 Å². The topological polar surface area (TPSA) is 160 Å². The highest BCUT2D eigenvalue weighted by Crippen LogP contribution is 2.31. The number of piperazine rings is 1. The number of carbonyl (C=O) groups is 3. The molecule has 1 aromatic carbocycles. The number of amidine groups is 1. The van der Waals surface area contributed by atoms with Crippen LogP contribution in [0.2, 0.25) is 0 Å². The molecule has 38 heavy (non-hydrogen) atoms. The first-order valence-electron chi connectivity index (χ1n) is 12.1. The van der Waals surface area contributed by atoms with Gasteiger partial charge in [-0.05, 0) is 49.4 Å². The van der Waals surface area contributed by atoms with Crippen molar-refractivity contribution >= 4 is 29.4 Å². The predicted octanol–water partition coefficient (Wildman–Crippen LogP) is 1.80. The van der Waals surface area contributed by atoms with Gasteiger partial charge in [0.2, 0.25) is 0 Å². The molecule has 0 spiro atoms. The molecule has 1 aromatic rings. The number of rotatable bonds is 8. The average Bonchev–Trinajstić information content (AvgIpc) is 2.87. The number of piperidine rings is 1. The van der Waals surface area contributed by atoms with Crippen LogP contribution in [-0.2, 0) is 19.1 Å². The maximum absolute atomic E-state index is 11.7. The lowest BCUT2D eigenvalue weighted by atomic mass is 9.88. The third-order valence-electron chi connectivity index (χ3n) is 6.58. The zero-order valence-electron chi connectivity index (χ0n) is 21.1. The van der Waals surface area contributed by atoms with Crippen molar-refractivity contribution in [3.05, 3.63) is 29.8 Å². The molecule has 11 nitrogen and oxygen atoms in total. The first kappa shape index (κ1) is 30.8. The second kappa shape index (κ2) is 14.0. The van der Waals surface area contributed by atoms with E-state index in [0.29, 0.717) is 18.4 Å². The summed E-state index contributed by atoms with van der Waals surface area (Å²) in [7, 11) is 1.40. The fourth-order valence-electron chi connectivity index (χ4n) is 4.81. The largest absolute Gasteiger partial charge is 0.490 e. The molecule has 14 heteroatoms. The number of alkyl halides is 3. The summed E-state index contributed by atoms with van der Waals surface area (Å²) < 4.78 is 36.5. The van der Waals surface area contributed by atoms with Gasteiger partial charge >= 0.3 is 24.1 Å². The van der Waals surface area contributed by atoms with Crippen molar-refractivity contribution < 1.29 is 42.5 Å². The number of aliphatic carboxylic acids is 2. The summed E-state index contributed by atoms with van der Waals surface area (Å²) in [6.45, 7) is 4.10. The molecule has 212 valence electrons. The number of halogens is 3. The van der Waals surface area contributed by atoms with Crippen molar-refractivity contribution in [2.45, 2.75) is 38.0 Å². The third kappa shape index (κ3) is 9.17. The van der Waals surface area contributed by atoms with Crippen LogP contribution in [0.25, 0.3) is 0 Å². The van der Waals surface area contributed by atoms with Gasteiger partial charge < -0.3 is 25.6 Å². The molecule has 0 saturated carbocycles. The summed E-state index contributed by atoms with van der Waals surface area (Å²) in [5, 5.41) is 24.1. The molecule has 2 unspecified atom stereocenters. The molecule has 0 aliphatic carbocycles. The fourth-order valence-corrected chi connectivity index (χ4v) is 4.81. The van der Waals surface area contributed by atoms with Crippen LogP contribution in [-0.4, -0.2) is 102 Å². The minimum absolute atomic E-state index is 0.0200. The predicted molar refractivity (Wildman–Crippen MR) is 132 cm³/mol. The quantitative estimate of drug-likeness (QED) is 0.215. The van der Waals surface area contributed by atoms with Crippen LogP contribution >= 0.6 is 0 Å². The summed E-state index contributed by atoms with van der Waals surface area (Å²) in [5.74, 6) is -3.48. The zero-order chi connectivity index (χ0) is 28.5. The van der Waals surface area contributed by atoms with Crippen LogP contribution in [0.15, 0.2) is 24.3 Å². The van der Waals surface area contributed by atoms with Crippen molar-refractivity contribution in [1.29, 1.82) is 5.41 Å². The highest BCUT2D eigenvalue weighted by atomic mass is 19.4.